The molecule has 0 bridgehead atoms. The van der Waals surface area contributed by atoms with Crippen molar-refractivity contribution in [3.05, 3.63) is 62.9 Å². The van der Waals surface area contributed by atoms with E-state index in [1.165, 1.54) is 41.7 Å². The van der Waals surface area contributed by atoms with E-state index >= 15 is 0 Å². The maximum absolute atomic E-state index is 14.0. The fourth-order valence-electron chi connectivity index (χ4n) is 3.48. The van der Waals surface area contributed by atoms with Crippen molar-refractivity contribution in [2.24, 2.45) is 5.92 Å². The van der Waals surface area contributed by atoms with E-state index in [2.05, 4.69) is 5.32 Å². The highest BCUT2D eigenvalue weighted by molar-refractivity contribution is 7.88. The van der Waals surface area contributed by atoms with Crippen molar-refractivity contribution in [3.8, 4) is 5.75 Å². The molecule has 1 amide bonds. The van der Waals surface area contributed by atoms with Crippen LogP contribution in [0.15, 0.2) is 36.4 Å². The van der Waals surface area contributed by atoms with Crippen LogP contribution in [0.2, 0.25) is 5.02 Å². The fraction of sp³-hybridized carbons (Fsp3) is 0.350. The van der Waals surface area contributed by atoms with Gasteiger partial charge in [-0.05, 0) is 31.0 Å². The number of nitrogens with zero attached hydrogens (tertiary/aromatic N) is 2. The van der Waals surface area contributed by atoms with Crippen molar-refractivity contribution >= 4 is 38.9 Å². The van der Waals surface area contributed by atoms with Gasteiger partial charge in [-0.2, -0.15) is 0 Å². The van der Waals surface area contributed by atoms with Gasteiger partial charge < -0.3 is 10.1 Å². The van der Waals surface area contributed by atoms with Crippen molar-refractivity contribution in [3.63, 3.8) is 0 Å². The minimum atomic E-state index is -3.83. The molecule has 12 heteroatoms. The molecular weight excluding hydrogens is 465 g/mol. The minimum absolute atomic E-state index is 0.0359. The van der Waals surface area contributed by atoms with E-state index in [9.17, 15) is 27.7 Å². The van der Waals surface area contributed by atoms with Crippen molar-refractivity contribution in [2.75, 3.05) is 25.5 Å². The smallest absolute Gasteiger partial charge is 0.271 e. The molecule has 0 atom stereocenters. The van der Waals surface area contributed by atoms with Gasteiger partial charge in [0.2, 0.25) is 15.9 Å². The van der Waals surface area contributed by atoms with Crippen LogP contribution >= 0.6 is 11.6 Å². The lowest BCUT2D eigenvalue weighted by molar-refractivity contribution is -0.384. The second-order valence-electron chi connectivity index (χ2n) is 7.26. The van der Waals surface area contributed by atoms with E-state index in [1.807, 2.05) is 0 Å². The van der Waals surface area contributed by atoms with E-state index in [4.69, 9.17) is 16.3 Å². The summed E-state index contributed by atoms with van der Waals surface area (Å²) in [5.41, 5.74) is -0.128. The number of amides is 1. The second-order valence-corrected chi connectivity index (χ2v) is 9.64. The Labute approximate surface area is 189 Å². The Kier molecular flexibility index (Phi) is 7.32. The number of nitrogens with one attached hydrogen (secondary N) is 1. The summed E-state index contributed by atoms with van der Waals surface area (Å²) in [6.07, 6.45) is 0.487. The Hall–Kier alpha value is -2.76. The van der Waals surface area contributed by atoms with E-state index < -0.39 is 38.3 Å². The number of ether oxygens (including phenoxy) is 1. The molecule has 1 aliphatic rings. The standard InChI is InChI=1S/C20H21ClFN3O6S/c1-31-19-6-5-14(25(27)28)11-18(19)23-20(26)13-7-9-24(10-8-13)32(29,30)12-15-16(21)3-2-4-17(15)22/h2-6,11,13H,7-10,12H2,1H3,(H,23,26). The number of halogens is 2. The van der Waals surface area contributed by atoms with Gasteiger partial charge in [-0.25, -0.2) is 17.1 Å². The lowest BCUT2D eigenvalue weighted by atomic mass is 9.97. The third kappa shape index (κ3) is 5.34. The Bertz CT molecular complexity index is 1120. The number of carbonyl (C=O) groups excluding carboxylic acids is 1. The molecule has 32 heavy (non-hydrogen) atoms. The summed E-state index contributed by atoms with van der Waals surface area (Å²) in [5.74, 6) is -1.88. The summed E-state index contributed by atoms with van der Waals surface area (Å²) in [6, 6.07) is 7.82. The quantitative estimate of drug-likeness (QED) is 0.473. The van der Waals surface area contributed by atoms with Gasteiger partial charge in [-0.15, -0.1) is 0 Å². The number of rotatable bonds is 7. The molecule has 0 aliphatic carbocycles. The first-order chi connectivity index (χ1) is 15.1. The largest absolute Gasteiger partial charge is 0.495 e. The fourth-order valence-corrected chi connectivity index (χ4v) is 5.40. The molecule has 0 saturated carbocycles. The summed E-state index contributed by atoms with van der Waals surface area (Å²) < 4.78 is 45.8. The maximum atomic E-state index is 14.0. The van der Waals surface area contributed by atoms with Crippen LogP contribution in [0.1, 0.15) is 18.4 Å². The van der Waals surface area contributed by atoms with E-state index in [-0.39, 0.29) is 53.6 Å². The van der Waals surface area contributed by atoms with Crippen LogP contribution in [-0.2, 0) is 20.6 Å². The summed E-state index contributed by atoms with van der Waals surface area (Å²) in [4.78, 5) is 23.1. The molecule has 3 rings (SSSR count). The maximum Gasteiger partial charge on any atom is 0.271 e. The topological polar surface area (TPSA) is 119 Å². The van der Waals surface area contributed by atoms with Gasteiger partial charge in [-0.3, -0.25) is 14.9 Å². The number of methoxy groups -OCH3 is 1. The van der Waals surface area contributed by atoms with Gasteiger partial charge in [0.05, 0.1) is 23.5 Å². The van der Waals surface area contributed by atoms with Crippen LogP contribution in [0.3, 0.4) is 0 Å². The van der Waals surface area contributed by atoms with Crippen LogP contribution in [0, 0.1) is 21.8 Å². The molecule has 1 N–H and O–H groups in total. The van der Waals surface area contributed by atoms with Crippen molar-refractivity contribution < 1.29 is 27.3 Å². The highest BCUT2D eigenvalue weighted by Gasteiger charge is 2.32. The lowest BCUT2D eigenvalue weighted by Crippen LogP contribution is -2.42. The van der Waals surface area contributed by atoms with Crippen molar-refractivity contribution in [1.82, 2.24) is 4.31 Å². The second kappa shape index (κ2) is 9.80. The van der Waals surface area contributed by atoms with E-state index in [0.29, 0.717) is 0 Å². The molecule has 1 heterocycles. The van der Waals surface area contributed by atoms with Crippen LogP contribution in [0.25, 0.3) is 0 Å². The summed E-state index contributed by atoms with van der Waals surface area (Å²) in [5, 5.41) is 13.7. The minimum Gasteiger partial charge on any atom is -0.495 e. The average Bonchev–Trinajstić information content (AvgIpc) is 2.76. The molecular formula is C20H21ClFN3O6S. The zero-order valence-corrected chi connectivity index (χ0v) is 18.7. The number of sulfonamides is 1. The number of anilines is 1. The van der Waals surface area contributed by atoms with Gasteiger partial charge in [0.15, 0.2) is 0 Å². The molecule has 172 valence electrons. The molecule has 1 fully saturated rings. The highest BCUT2D eigenvalue weighted by Crippen LogP contribution is 2.31. The number of piperidine rings is 1. The number of carbonyl (C=O) groups is 1. The Morgan fingerprint density at radius 2 is 2.00 bits per heavy atom. The lowest BCUT2D eigenvalue weighted by Gasteiger charge is -2.30. The highest BCUT2D eigenvalue weighted by atomic mass is 35.5. The van der Waals surface area contributed by atoms with Crippen LogP contribution < -0.4 is 10.1 Å². The average molecular weight is 486 g/mol. The Morgan fingerprint density at radius 1 is 1.31 bits per heavy atom. The number of non-ortho nitro benzene ring substituents is 1. The molecule has 1 aliphatic heterocycles. The van der Waals surface area contributed by atoms with Gasteiger partial charge in [0.1, 0.15) is 11.6 Å². The predicted molar refractivity (Wildman–Crippen MR) is 117 cm³/mol. The Balaban J connectivity index is 1.65. The monoisotopic (exact) mass is 485 g/mol. The van der Waals surface area contributed by atoms with Gasteiger partial charge in [0, 0.05) is 41.7 Å². The zero-order chi connectivity index (χ0) is 23.5. The number of nitro groups is 1. The predicted octanol–water partition coefficient (Wildman–Crippen LogP) is 3.58. The number of hydrogen-bond donors (Lipinski definition) is 1. The summed E-state index contributed by atoms with van der Waals surface area (Å²) >= 11 is 5.94. The summed E-state index contributed by atoms with van der Waals surface area (Å²) in [6.45, 7) is 0.164. The molecule has 2 aromatic carbocycles. The van der Waals surface area contributed by atoms with Crippen LogP contribution in [-0.4, -0.2) is 43.8 Å². The molecule has 1 saturated heterocycles. The molecule has 2 aromatic rings. The Morgan fingerprint density at radius 3 is 2.59 bits per heavy atom. The third-order valence-corrected chi connectivity index (χ3v) is 7.42. The zero-order valence-electron chi connectivity index (χ0n) is 17.1. The first kappa shape index (κ1) is 23.9. The summed E-state index contributed by atoms with van der Waals surface area (Å²) in [7, 11) is -2.46. The van der Waals surface area contributed by atoms with Gasteiger partial charge >= 0.3 is 0 Å². The molecule has 0 unspecified atom stereocenters. The number of hydrogen-bond acceptors (Lipinski definition) is 6. The SMILES string of the molecule is COc1ccc([N+](=O)[O-])cc1NC(=O)C1CCN(S(=O)(=O)Cc2c(F)cccc2Cl)CC1. The number of nitro benzene ring substituents is 1. The molecule has 0 radical (unpaired) electrons. The normalized spacial score (nSPS) is 15.3. The van der Waals surface area contributed by atoms with Gasteiger partial charge in [0.25, 0.3) is 5.69 Å². The first-order valence-corrected chi connectivity index (χ1v) is 11.6. The third-order valence-electron chi connectivity index (χ3n) is 5.26. The molecule has 0 spiro atoms. The van der Waals surface area contributed by atoms with Crippen molar-refractivity contribution in [1.29, 1.82) is 0 Å². The first-order valence-electron chi connectivity index (χ1n) is 9.66. The molecule has 9 nitrogen and oxygen atoms in total. The van der Waals surface area contributed by atoms with Crippen LogP contribution in [0.4, 0.5) is 15.8 Å². The van der Waals surface area contributed by atoms with E-state index in [0.717, 1.165) is 6.07 Å². The van der Waals surface area contributed by atoms with Crippen LogP contribution in [0.5, 0.6) is 5.75 Å². The molecule has 0 aromatic heterocycles. The van der Waals surface area contributed by atoms with Crippen molar-refractivity contribution in [2.45, 2.75) is 18.6 Å². The van der Waals surface area contributed by atoms with Gasteiger partial charge in [-0.1, -0.05) is 17.7 Å². The van der Waals surface area contributed by atoms with E-state index in [1.54, 1.807) is 0 Å². The number of benzene rings is 2.